The molecule has 0 radical (unpaired) electrons. The monoisotopic (exact) mass is 365 g/mol. The van der Waals surface area contributed by atoms with Gasteiger partial charge in [0.05, 0.1) is 17.0 Å². The quantitative estimate of drug-likeness (QED) is 0.673. The molecule has 1 fully saturated rings. The molecular formula is C21H23N3OS. The van der Waals surface area contributed by atoms with E-state index in [0.717, 1.165) is 42.1 Å². The summed E-state index contributed by atoms with van der Waals surface area (Å²) in [5, 5.41) is 6.80. The lowest BCUT2D eigenvalue weighted by Crippen LogP contribution is -2.31. The van der Waals surface area contributed by atoms with Gasteiger partial charge in [-0.25, -0.2) is 0 Å². The number of aromatic nitrogens is 2. The number of carbonyl (C=O) groups excluding carboxylic acids is 1. The molecule has 2 aromatic heterocycles. The molecule has 4 nitrogen and oxygen atoms in total. The summed E-state index contributed by atoms with van der Waals surface area (Å²) in [6, 6.07) is 14.3. The molecule has 0 bridgehead atoms. The first-order valence-corrected chi connectivity index (χ1v) is 10.1. The van der Waals surface area contributed by atoms with Crippen LogP contribution in [0.15, 0.2) is 54.0 Å². The first-order valence-electron chi connectivity index (χ1n) is 9.26. The van der Waals surface area contributed by atoms with Crippen LogP contribution >= 0.6 is 11.3 Å². The van der Waals surface area contributed by atoms with E-state index in [4.69, 9.17) is 5.10 Å². The van der Waals surface area contributed by atoms with Crippen molar-refractivity contribution in [2.75, 3.05) is 13.1 Å². The third kappa shape index (κ3) is 3.73. The van der Waals surface area contributed by atoms with Crippen LogP contribution in [-0.2, 0) is 6.54 Å². The van der Waals surface area contributed by atoms with Crippen molar-refractivity contribution in [2.24, 2.45) is 0 Å². The third-order valence-corrected chi connectivity index (χ3v) is 5.70. The number of likely N-dealkylation sites (tertiary alicyclic amines) is 1. The van der Waals surface area contributed by atoms with Gasteiger partial charge in [0.15, 0.2) is 0 Å². The molecule has 1 aliphatic heterocycles. The lowest BCUT2D eigenvalue weighted by molar-refractivity contribution is 0.0762. The Labute approximate surface area is 158 Å². The second kappa shape index (κ2) is 7.87. The summed E-state index contributed by atoms with van der Waals surface area (Å²) >= 11 is 1.63. The first-order chi connectivity index (χ1) is 12.8. The summed E-state index contributed by atoms with van der Waals surface area (Å²) in [4.78, 5) is 16.3. The molecule has 1 saturated heterocycles. The van der Waals surface area contributed by atoms with Gasteiger partial charge in [-0.1, -0.05) is 49.2 Å². The summed E-state index contributed by atoms with van der Waals surface area (Å²) in [6.07, 6.45) is 6.55. The zero-order valence-electron chi connectivity index (χ0n) is 14.8. The highest BCUT2D eigenvalue weighted by atomic mass is 32.1. The van der Waals surface area contributed by atoms with Gasteiger partial charge in [0.2, 0.25) is 0 Å². The predicted octanol–water partition coefficient (Wildman–Crippen LogP) is 4.68. The molecule has 1 aliphatic rings. The molecule has 0 spiro atoms. The van der Waals surface area contributed by atoms with Crippen molar-refractivity contribution in [3.63, 3.8) is 0 Å². The van der Waals surface area contributed by atoms with Gasteiger partial charge in [-0.15, -0.1) is 11.3 Å². The van der Waals surface area contributed by atoms with Crippen molar-refractivity contribution in [3.05, 3.63) is 65.2 Å². The average Bonchev–Trinajstić information content (AvgIpc) is 3.25. The zero-order valence-corrected chi connectivity index (χ0v) is 15.6. The van der Waals surface area contributed by atoms with E-state index in [2.05, 4.69) is 12.1 Å². The Kier molecular flexibility index (Phi) is 5.16. The maximum atomic E-state index is 13.2. The molecule has 1 amide bonds. The van der Waals surface area contributed by atoms with E-state index in [1.807, 2.05) is 51.5 Å². The number of benzene rings is 1. The van der Waals surface area contributed by atoms with E-state index in [0.29, 0.717) is 6.54 Å². The topological polar surface area (TPSA) is 38.1 Å². The van der Waals surface area contributed by atoms with Gasteiger partial charge in [0, 0.05) is 19.3 Å². The molecule has 1 aromatic carbocycles. The Morgan fingerprint density at radius 3 is 2.46 bits per heavy atom. The fourth-order valence-electron chi connectivity index (χ4n) is 3.47. The Morgan fingerprint density at radius 1 is 1.00 bits per heavy atom. The summed E-state index contributed by atoms with van der Waals surface area (Å²) < 4.78 is 1.90. The molecule has 5 heteroatoms. The highest BCUT2D eigenvalue weighted by Gasteiger charge is 2.24. The second-order valence-corrected chi connectivity index (χ2v) is 7.71. The Hall–Kier alpha value is -2.40. The minimum Gasteiger partial charge on any atom is -0.339 e. The standard InChI is InChI=1S/C21H23N3OS/c25-21(23-12-6-1-2-7-13-23)18-16-24(15-17-9-4-3-5-10-17)22-20(18)19-11-8-14-26-19/h3-5,8-11,14,16H,1-2,6-7,12-13,15H2. The van der Waals surface area contributed by atoms with Crippen LogP contribution in [0.1, 0.15) is 41.6 Å². The Balaban J connectivity index is 1.66. The number of hydrogen-bond acceptors (Lipinski definition) is 3. The molecule has 0 aliphatic carbocycles. The lowest BCUT2D eigenvalue weighted by atomic mass is 10.2. The van der Waals surface area contributed by atoms with Gasteiger partial charge in [0.25, 0.3) is 5.91 Å². The number of rotatable bonds is 4. The summed E-state index contributed by atoms with van der Waals surface area (Å²) in [7, 11) is 0. The minimum atomic E-state index is 0.120. The summed E-state index contributed by atoms with van der Waals surface area (Å²) in [6.45, 7) is 2.38. The van der Waals surface area contributed by atoms with Gasteiger partial charge in [-0.2, -0.15) is 5.10 Å². The maximum absolute atomic E-state index is 13.2. The molecule has 0 atom stereocenters. The molecule has 4 rings (SSSR count). The molecule has 0 N–H and O–H groups in total. The molecule has 3 heterocycles. The number of nitrogens with zero attached hydrogens (tertiary/aromatic N) is 3. The highest BCUT2D eigenvalue weighted by Crippen LogP contribution is 2.28. The summed E-state index contributed by atoms with van der Waals surface area (Å²) in [5.41, 5.74) is 2.72. The van der Waals surface area contributed by atoms with E-state index in [1.165, 1.54) is 18.4 Å². The second-order valence-electron chi connectivity index (χ2n) is 6.76. The number of thiophene rings is 1. The average molecular weight is 366 g/mol. The van der Waals surface area contributed by atoms with Crippen molar-refractivity contribution in [1.29, 1.82) is 0 Å². The van der Waals surface area contributed by atoms with Crippen LogP contribution in [0.3, 0.4) is 0 Å². The van der Waals surface area contributed by atoms with Crippen LogP contribution in [0.4, 0.5) is 0 Å². The maximum Gasteiger partial charge on any atom is 0.257 e. The fraction of sp³-hybridized carbons (Fsp3) is 0.333. The third-order valence-electron chi connectivity index (χ3n) is 4.83. The molecule has 0 saturated carbocycles. The SMILES string of the molecule is O=C(c1cn(Cc2ccccc2)nc1-c1cccs1)N1CCCCCC1. The van der Waals surface area contributed by atoms with Gasteiger partial charge in [-0.05, 0) is 29.9 Å². The van der Waals surface area contributed by atoms with Crippen LogP contribution < -0.4 is 0 Å². The smallest absolute Gasteiger partial charge is 0.257 e. The highest BCUT2D eigenvalue weighted by molar-refractivity contribution is 7.13. The van der Waals surface area contributed by atoms with Crippen LogP contribution in [0, 0.1) is 0 Å². The van der Waals surface area contributed by atoms with Crippen LogP contribution in [0.2, 0.25) is 0 Å². The molecular weight excluding hydrogens is 342 g/mol. The normalized spacial score (nSPS) is 15.0. The van der Waals surface area contributed by atoms with E-state index in [1.54, 1.807) is 11.3 Å². The Morgan fingerprint density at radius 2 is 1.77 bits per heavy atom. The minimum absolute atomic E-state index is 0.120. The van der Waals surface area contributed by atoms with Gasteiger partial charge >= 0.3 is 0 Å². The Bertz CT molecular complexity index is 847. The van der Waals surface area contributed by atoms with Crippen LogP contribution in [-0.4, -0.2) is 33.7 Å². The molecule has 0 unspecified atom stereocenters. The predicted molar refractivity (Wildman–Crippen MR) is 105 cm³/mol. The van der Waals surface area contributed by atoms with E-state index in [9.17, 15) is 4.79 Å². The van der Waals surface area contributed by atoms with Crippen molar-refractivity contribution in [2.45, 2.75) is 32.2 Å². The largest absolute Gasteiger partial charge is 0.339 e. The molecule has 3 aromatic rings. The van der Waals surface area contributed by atoms with Crippen molar-refractivity contribution >= 4 is 17.2 Å². The van der Waals surface area contributed by atoms with Crippen molar-refractivity contribution < 1.29 is 4.79 Å². The molecule has 26 heavy (non-hydrogen) atoms. The first kappa shape index (κ1) is 17.0. The fourth-order valence-corrected chi connectivity index (χ4v) is 4.19. The van der Waals surface area contributed by atoms with Crippen LogP contribution in [0.5, 0.6) is 0 Å². The van der Waals surface area contributed by atoms with E-state index < -0.39 is 0 Å². The molecule has 134 valence electrons. The number of hydrogen-bond donors (Lipinski definition) is 0. The number of carbonyl (C=O) groups is 1. The van der Waals surface area contributed by atoms with E-state index in [-0.39, 0.29) is 5.91 Å². The lowest BCUT2D eigenvalue weighted by Gasteiger charge is -2.19. The zero-order chi connectivity index (χ0) is 17.8. The van der Waals surface area contributed by atoms with Gasteiger partial charge in [-0.3, -0.25) is 9.48 Å². The number of amides is 1. The van der Waals surface area contributed by atoms with Gasteiger partial charge < -0.3 is 4.90 Å². The summed E-state index contributed by atoms with van der Waals surface area (Å²) in [5.74, 6) is 0.120. The van der Waals surface area contributed by atoms with E-state index >= 15 is 0 Å². The van der Waals surface area contributed by atoms with Crippen molar-refractivity contribution in [3.8, 4) is 10.6 Å². The van der Waals surface area contributed by atoms with Crippen molar-refractivity contribution in [1.82, 2.24) is 14.7 Å². The van der Waals surface area contributed by atoms with Gasteiger partial charge in [0.1, 0.15) is 5.69 Å². The van der Waals surface area contributed by atoms with Crippen LogP contribution in [0.25, 0.3) is 10.6 Å².